The number of rotatable bonds is 4. The molecular weight excluding hydrogens is 204 g/mol. The number of benzene rings is 1. The Hall–Kier alpha value is -1.02. The quantitative estimate of drug-likeness (QED) is 0.434. The van der Waals surface area contributed by atoms with E-state index in [1.54, 1.807) is 18.7 Å². The van der Waals surface area contributed by atoms with Crippen molar-refractivity contribution in [3.63, 3.8) is 0 Å². The van der Waals surface area contributed by atoms with Gasteiger partial charge in [-0.15, -0.1) is 11.8 Å². The average Bonchev–Trinajstić information content (AvgIpc) is 2.18. The first-order valence-corrected chi connectivity index (χ1v) is 5.95. The Labute approximate surface area is 95.6 Å². The zero-order chi connectivity index (χ0) is 11.3. The lowest BCUT2D eigenvalue weighted by molar-refractivity contribution is 0.101. The zero-order valence-corrected chi connectivity index (χ0v) is 10.2. The summed E-state index contributed by atoms with van der Waals surface area (Å²) in [5.41, 5.74) is 2.12. The van der Waals surface area contributed by atoms with Crippen molar-refractivity contribution in [3.8, 4) is 0 Å². The molecule has 15 heavy (non-hydrogen) atoms. The number of carbonyl (C=O) groups is 1. The molecule has 1 aromatic carbocycles. The molecule has 0 aliphatic rings. The molecule has 0 bridgehead atoms. The minimum atomic E-state index is 0.121. The van der Waals surface area contributed by atoms with Crippen LogP contribution >= 0.6 is 11.8 Å². The van der Waals surface area contributed by atoms with E-state index in [-0.39, 0.29) is 5.78 Å². The van der Waals surface area contributed by atoms with Gasteiger partial charge in [-0.1, -0.05) is 23.8 Å². The Balaban J connectivity index is 2.57. The van der Waals surface area contributed by atoms with E-state index in [0.29, 0.717) is 0 Å². The van der Waals surface area contributed by atoms with Crippen LogP contribution in [0.1, 0.15) is 31.1 Å². The highest BCUT2D eigenvalue weighted by Crippen LogP contribution is 2.19. The Kier molecular flexibility index (Phi) is 4.63. The normalized spacial score (nSPS) is 9.80. The molecule has 0 N–H and O–H groups in total. The summed E-state index contributed by atoms with van der Waals surface area (Å²) in [6.45, 7) is 5.78. The van der Waals surface area contributed by atoms with Crippen molar-refractivity contribution in [1.29, 1.82) is 0 Å². The second-order valence-corrected chi connectivity index (χ2v) is 4.77. The van der Waals surface area contributed by atoms with Gasteiger partial charge in [0.1, 0.15) is 0 Å². The highest BCUT2D eigenvalue weighted by Gasteiger charge is 1.98. The molecule has 80 valence electrons. The van der Waals surface area contributed by atoms with Crippen LogP contribution in [0.25, 0.3) is 0 Å². The van der Waals surface area contributed by atoms with E-state index in [4.69, 9.17) is 0 Å². The van der Waals surface area contributed by atoms with Gasteiger partial charge in [0.15, 0.2) is 5.78 Å². The lowest BCUT2D eigenvalue weighted by atomic mass is 10.2. The summed E-state index contributed by atoms with van der Waals surface area (Å²) in [5, 5.41) is 0. The summed E-state index contributed by atoms with van der Waals surface area (Å²) in [6, 6.07) is 7.76. The predicted molar refractivity (Wildman–Crippen MR) is 66.6 cm³/mol. The fourth-order valence-corrected chi connectivity index (χ4v) is 2.03. The van der Waals surface area contributed by atoms with Crippen LogP contribution in [0.15, 0.2) is 40.8 Å². The summed E-state index contributed by atoms with van der Waals surface area (Å²) < 4.78 is 0. The van der Waals surface area contributed by atoms with Crippen LogP contribution in [0.5, 0.6) is 0 Å². The maximum absolute atomic E-state index is 11.0. The summed E-state index contributed by atoms with van der Waals surface area (Å²) in [7, 11) is 0. The molecule has 2 heteroatoms. The first-order valence-electron chi connectivity index (χ1n) is 4.97. The third-order valence-electron chi connectivity index (χ3n) is 2.00. The summed E-state index contributed by atoms with van der Waals surface area (Å²) >= 11 is 1.78. The van der Waals surface area contributed by atoms with E-state index in [1.165, 1.54) is 10.5 Å². The molecule has 0 radical (unpaired) electrons. The van der Waals surface area contributed by atoms with Crippen molar-refractivity contribution in [3.05, 3.63) is 41.5 Å². The highest BCUT2D eigenvalue weighted by molar-refractivity contribution is 7.99. The lowest BCUT2D eigenvalue weighted by Crippen LogP contribution is -1.90. The van der Waals surface area contributed by atoms with E-state index in [2.05, 4.69) is 19.9 Å². The number of thioether (sulfide) groups is 1. The molecule has 1 nitrogen and oxygen atoms in total. The molecule has 0 unspecified atom stereocenters. The third kappa shape index (κ3) is 4.34. The molecule has 0 heterocycles. The Morgan fingerprint density at radius 1 is 1.20 bits per heavy atom. The van der Waals surface area contributed by atoms with E-state index >= 15 is 0 Å². The Bertz CT molecular complexity index is 359. The Morgan fingerprint density at radius 2 is 1.80 bits per heavy atom. The van der Waals surface area contributed by atoms with Crippen molar-refractivity contribution < 1.29 is 4.79 Å². The maximum atomic E-state index is 11.0. The van der Waals surface area contributed by atoms with Crippen molar-refractivity contribution in [2.75, 3.05) is 5.75 Å². The molecule has 1 aromatic rings. The summed E-state index contributed by atoms with van der Waals surface area (Å²) in [4.78, 5) is 12.2. The van der Waals surface area contributed by atoms with Gasteiger partial charge in [0, 0.05) is 16.2 Å². The molecule has 0 aliphatic heterocycles. The number of Topliss-reactive ketones (excluding diaryl/α,β-unsaturated/α-hetero) is 1. The number of hydrogen-bond donors (Lipinski definition) is 0. The fourth-order valence-electron chi connectivity index (χ4n) is 1.09. The number of allylic oxidation sites excluding steroid dienone is 1. The molecule has 0 fully saturated rings. The van der Waals surface area contributed by atoms with Crippen LogP contribution < -0.4 is 0 Å². The van der Waals surface area contributed by atoms with Crippen molar-refractivity contribution >= 4 is 17.5 Å². The lowest BCUT2D eigenvalue weighted by Gasteiger charge is -2.00. The van der Waals surface area contributed by atoms with Gasteiger partial charge in [-0.2, -0.15) is 0 Å². The van der Waals surface area contributed by atoms with Gasteiger partial charge in [-0.05, 0) is 32.9 Å². The monoisotopic (exact) mass is 220 g/mol. The minimum absolute atomic E-state index is 0.121. The first-order chi connectivity index (χ1) is 7.09. The number of ketones is 1. The van der Waals surface area contributed by atoms with Gasteiger partial charge < -0.3 is 0 Å². The predicted octanol–water partition coefficient (Wildman–Crippen LogP) is 3.95. The fraction of sp³-hybridized carbons (Fsp3) is 0.308. The highest BCUT2D eigenvalue weighted by atomic mass is 32.2. The molecule has 0 aromatic heterocycles. The smallest absolute Gasteiger partial charge is 0.159 e. The van der Waals surface area contributed by atoms with E-state index in [9.17, 15) is 4.79 Å². The standard InChI is InChI=1S/C13H16OS/c1-10(2)8-9-15-13-6-4-12(5-7-13)11(3)14/h4-8H,9H2,1-3H3. The molecule has 0 atom stereocenters. The number of hydrogen-bond acceptors (Lipinski definition) is 2. The van der Waals surface area contributed by atoms with E-state index < -0.39 is 0 Å². The number of carbonyl (C=O) groups excluding carboxylic acids is 1. The van der Waals surface area contributed by atoms with Crippen LogP contribution in [0, 0.1) is 0 Å². The third-order valence-corrected chi connectivity index (χ3v) is 2.94. The van der Waals surface area contributed by atoms with Crippen molar-refractivity contribution in [2.45, 2.75) is 25.7 Å². The molecule has 0 saturated carbocycles. The summed E-state index contributed by atoms with van der Waals surface area (Å²) in [6.07, 6.45) is 2.20. The molecule has 0 spiro atoms. The van der Waals surface area contributed by atoms with Crippen LogP contribution in [0.4, 0.5) is 0 Å². The second-order valence-electron chi connectivity index (χ2n) is 3.67. The van der Waals surface area contributed by atoms with Crippen LogP contribution in [0.3, 0.4) is 0 Å². The molecule has 0 saturated heterocycles. The first kappa shape index (κ1) is 12.1. The van der Waals surface area contributed by atoms with Crippen LogP contribution in [0.2, 0.25) is 0 Å². The maximum Gasteiger partial charge on any atom is 0.159 e. The zero-order valence-electron chi connectivity index (χ0n) is 9.41. The summed E-state index contributed by atoms with van der Waals surface area (Å²) in [5.74, 6) is 1.11. The second kappa shape index (κ2) is 5.76. The van der Waals surface area contributed by atoms with Gasteiger partial charge in [0.05, 0.1) is 0 Å². The average molecular weight is 220 g/mol. The molecular formula is C13H16OS. The molecule has 0 aliphatic carbocycles. The minimum Gasteiger partial charge on any atom is -0.295 e. The van der Waals surface area contributed by atoms with Gasteiger partial charge >= 0.3 is 0 Å². The van der Waals surface area contributed by atoms with E-state index in [0.717, 1.165) is 11.3 Å². The SMILES string of the molecule is CC(=O)c1ccc(SCC=C(C)C)cc1. The van der Waals surface area contributed by atoms with Crippen LogP contribution in [-0.4, -0.2) is 11.5 Å². The van der Waals surface area contributed by atoms with Crippen molar-refractivity contribution in [1.82, 2.24) is 0 Å². The van der Waals surface area contributed by atoms with Gasteiger partial charge in [0.25, 0.3) is 0 Å². The molecule has 1 rings (SSSR count). The Morgan fingerprint density at radius 3 is 2.27 bits per heavy atom. The van der Waals surface area contributed by atoms with Crippen LogP contribution in [-0.2, 0) is 0 Å². The van der Waals surface area contributed by atoms with Crippen molar-refractivity contribution in [2.24, 2.45) is 0 Å². The largest absolute Gasteiger partial charge is 0.295 e. The van der Waals surface area contributed by atoms with E-state index in [1.807, 2.05) is 24.3 Å². The molecule has 0 amide bonds. The van der Waals surface area contributed by atoms with Gasteiger partial charge in [-0.25, -0.2) is 0 Å². The topological polar surface area (TPSA) is 17.1 Å². The van der Waals surface area contributed by atoms with Gasteiger partial charge in [-0.3, -0.25) is 4.79 Å². The van der Waals surface area contributed by atoms with Gasteiger partial charge in [0.2, 0.25) is 0 Å².